The van der Waals surface area contributed by atoms with Crippen molar-refractivity contribution in [2.75, 3.05) is 27.2 Å². The van der Waals surface area contributed by atoms with Crippen molar-refractivity contribution in [2.45, 2.75) is 96.6 Å². The Bertz CT molecular complexity index is 1530. The van der Waals surface area contributed by atoms with Crippen LogP contribution < -0.4 is 10.1 Å². The molecule has 0 radical (unpaired) electrons. The molecule has 0 amide bonds. The van der Waals surface area contributed by atoms with Gasteiger partial charge in [0.1, 0.15) is 5.75 Å². The molecule has 4 rings (SSSR count). The highest BCUT2D eigenvalue weighted by Crippen LogP contribution is 2.32. The predicted octanol–water partition coefficient (Wildman–Crippen LogP) is 9.65. The Labute approximate surface area is 306 Å². The summed E-state index contributed by atoms with van der Waals surface area (Å²) in [4.78, 5) is 12.2. The smallest absolute Gasteiger partial charge is 0.303 e. The molecule has 6 nitrogen and oxygen atoms in total. The predicted molar refractivity (Wildman–Crippen MR) is 212 cm³/mol. The van der Waals surface area contributed by atoms with Crippen LogP contribution in [0, 0.1) is 6.92 Å². The summed E-state index contributed by atoms with van der Waals surface area (Å²) in [5.41, 5.74) is 6.90. The lowest BCUT2D eigenvalue weighted by molar-refractivity contribution is -0.136. The van der Waals surface area contributed by atoms with Gasteiger partial charge in [0.05, 0.1) is 13.2 Å². The van der Waals surface area contributed by atoms with Gasteiger partial charge in [-0.1, -0.05) is 93.6 Å². The SMILES string of the molecule is CC.CCc1ccccc1.COc1ccc(-c2ccc(SN(C)CC(O)CNC(C)(C)CCCc3ccccc3)cc2C)cc1CCC(=O)O. The van der Waals surface area contributed by atoms with Crippen LogP contribution in [0.4, 0.5) is 0 Å². The van der Waals surface area contributed by atoms with Crippen LogP contribution in [0.25, 0.3) is 11.1 Å². The number of β-amino-alcohol motifs (C(OH)–C–C–N with tert-alkyl or cyclic N) is 1. The number of aliphatic hydroxyl groups is 1. The van der Waals surface area contributed by atoms with E-state index < -0.39 is 12.1 Å². The Balaban J connectivity index is 0.000000750. The molecule has 0 aliphatic carbocycles. The zero-order chi connectivity index (χ0) is 36.9. The lowest BCUT2D eigenvalue weighted by Crippen LogP contribution is -2.45. The first-order valence-electron chi connectivity index (χ1n) is 17.9. The standard InChI is InChI=1S/C33H44N2O4S.C8H10.C2H6/c1-24-20-29(15-16-30(24)26-13-17-31(39-5)27(21-26)14-18-32(37)38)40-35(4)23-28(36)22-34-33(2,3)19-9-12-25-10-7-6-8-11-25;1-2-8-6-4-3-5-7-8;1-2/h6-8,10-11,13,15-17,20-21,28,34,36H,9,12,14,18-19,22-23H2,1-5H3,(H,37,38);3-7H,2H2,1H3;1-2H3. The number of nitrogens with one attached hydrogen (secondary N) is 1. The van der Waals surface area contributed by atoms with Gasteiger partial charge in [-0.05, 0) is 130 Å². The number of methoxy groups -OCH3 is 1. The van der Waals surface area contributed by atoms with Crippen LogP contribution in [0.2, 0.25) is 0 Å². The number of nitrogens with zero attached hydrogens (tertiary/aromatic N) is 1. The van der Waals surface area contributed by atoms with E-state index in [4.69, 9.17) is 9.84 Å². The zero-order valence-electron chi connectivity index (χ0n) is 31.5. The third-order valence-electron chi connectivity index (χ3n) is 8.30. The first kappa shape index (κ1) is 42.5. The molecular weight excluding hydrogens is 641 g/mol. The van der Waals surface area contributed by atoms with Gasteiger partial charge in [-0.3, -0.25) is 4.79 Å². The van der Waals surface area contributed by atoms with E-state index in [0.29, 0.717) is 25.3 Å². The lowest BCUT2D eigenvalue weighted by atomic mass is 9.95. The van der Waals surface area contributed by atoms with Crippen molar-refractivity contribution >= 4 is 17.9 Å². The molecule has 3 N–H and O–H groups in total. The van der Waals surface area contributed by atoms with Crippen molar-refractivity contribution in [3.05, 3.63) is 119 Å². The van der Waals surface area contributed by atoms with Crippen LogP contribution in [-0.4, -0.2) is 59.4 Å². The van der Waals surface area contributed by atoms with Gasteiger partial charge in [-0.2, -0.15) is 0 Å². The topological polar surface area (TPSA) is 82.0 Å². The Morgan fingerprint density at radius 1 is 0.920 bits per heavy atom. The maximum absolute atomic E-state index is 11.1. The number of hydrogen-bond donors (Lipinski definition) is 3. The summed E-state index contributed by atoms with van der Waals surface area (Å²) in [6, 6.07) is 33.3. The highest BCUT2D eigenvalue weighted by molar-refractivity contribution is 7.97. The molecule has 0 spiro atoms. The van der Waals surface area contributed by atoms with Crippen LogP contribution in [0.5, 0.6) is 5.75 Å². The molecule has 0 saturated carbocycles. The number of rotatable bonds is 17. The second kappa shape index (κ2) is 23.0. The molecule has 0 heterocycles. The van der Waals surface area contributed by atoms with Crippen molar-refractivity contribution in [3.63, 3.8) is 0 Å². The van der Waals surface area contributed by atoms with Gasteiger partial charge < -0.3 is 20.3 Å². The van der Waals surface area contributed by atoms with Crippen molar-refractivity contribution in [1.82, 2.24) is 9.62 Å². The quantitative estimate of drug-likeness (QED) is 0.0947. The van der Waals surface area contributed by atoms with Crippen molar-refractivity contribution < 1.29 is 19.7 Å². The number of likely N-dealkylation sites (N-methyl/N-ethyl adjacent to an activating group) is 1. The molecule has 4 aromatic carbocycles. The fraction of sp³-hybridized carbons (Fsp3) is 0.419. The molecule has 0 aromatic heterocycles. The number of carboxylic acid groups (broad SMARTS) is 1. The summed E-state index contributed by atoms with van der Waals surface area (Å²) in [6.45, 7) is 13.7. The van der Waals surface area contributed by atoms with Gasteiger partial charge in [0.2, 0.25) is 0 Å². The summed E-state index contributed by atoms with van der Waals surface area (Å²) in [5.74, 6) is -0.113. The van der Waals surface area contributed by atoms with E-state index in [9.17, 15) is 9.90 Å². The van der Waals surface area contributed by atoms with Crippen molar-refractivity contribution in [3.8, 4) is 16.9 Å². The van der Waals surface area contributed by atoms with Gasteiger partial charge in [-0.15, -0.1) is 0 Å². The van der Waals surface area contributed by atoms with E-state index in [1.54, 1.807) is 19.1 Å². The number of carbonyl (C=O) groups is 1. The monoisotopic (exact) mass is 700 g/mol. The van der Waals surface area contributed by atoms with E-state index in [-0.39, 0.29) is 12.0 Å². The molecular formula is C43H60N2O4S. The number of aliphatic hydroxyl groups excluding tert-OH is 1. The molecule has 7 heteroatoms. The number of aliphatic carboxylic acids is 1. The zero-order valence-corrected chi connectivity index (χ0v) is 32.4. The van der Waals surface area contributed by atoms with Gasteiger partial charge in [0.15, 0.2) is 0 Å². The molecule has 0 aliphatic rings. The van der Waals surface area contributed by atoms with Crippen LogP contribution in [-0.2, 0) is 24.1 Å². The fourth-order valence-corrected chi connectivity index (χ4v) is 6.52. The summed E-state index contributed by atoms with van der Waals surface area (Å²) in [6.07, 6.45) is 4.36. The molecule has 0 saturated heterocycles. The number of ether oxygens (including phenoxy) is 1. The van der Waals surface area contributed by atoms with Gasteiger partial charge in [0.25, 0.3) is 0 Å². The van der Waals surface area contributed by atoms with Crippen LogP contribution >= 0.6 is 11.9 Å². The molecule has 4 aromatic rings. The molecule has 0 aliphatic heterocycles. The van der Waals surface area contributed by atoms with Crippen LogP contribution in [0.1, 0.15) is 76.1 Å². The average molecular weight is 701 g/mol. The summed E-state index contributed by atoms with van der Waals surface area (Å²) in [7, 11) is 3.61. The largest absolute Gasteiger partial charge is 0.496 e. The highest BCUT2D eigenvalue weighted by atomic mass is 32.2. The van der Waals surface area contributed by atoms with Crippen molar-refractivity contribution in [2.24, 2.45) is 0 Å². The number of carboxylic acids is 1. The van der Waals surface area contributed by atoms with Crippen LogP contribution in [0.15, 0.2) is 102 Å². The number of aryl methyl sites for hydroxylation is 4. The summed E-state index contributed by atoms with van der Waals surface area (Å²) in [5, 5.41) is 23.3. The van der Waals surface area contributed by atoms with Crippen LogP contribution in [0.3, 0.4) is 0 Å². The van der Waals surface area contributed by atoms with Gasteiger partial charge in [-0.25, -0.2) is 4.31 Å². The third-order valence-corrected chi connectivity index (χ3v) is 9.23. The Kier molecular flexibility index (Phi) is 19.5. The minimum Gasteiger partial charge on any atom is -0.496 e. The first-order chi connectivity index (χ1) is 24.0. The van der Waals surface area contributed by atoms with E-state index in [1.807, 2.05) is 51.2 Å². The summed E-state index contributed by atoms with van der Waals surface area (Å²) >= 11 is 1.62. The number of benzene rings is 4. The van der Waals surface area contributed by atoms with E-state index in [1.165, 1.54) is 11.1 Å². The fourth-order valence-electron chi connectivity index (χ4n) is 5.55. The van der Waals surface area contributed by atoms with Gasteiger partial charge in [0, 0.05) is 29.9 Å². The second-order valence-electron chi connectivity index (χ2n) is 12.9. The number of hydrogen-bond acceptors (Lipinski definition) is 6. The second-order valence-corrected chi connectivity index (χ2v) is 14.2. The van der Waals surface area contributed by atoms with E-state index >= 15 is 0 Å². The normalized spacial score (nSPS) is 11.6. The van der Waals surface area contributed by atoms with Crippen molar-refractivity contribution in [1.29, 1.82) is 0 Å². The van der Waals surface area contributed by atoms with E-state index in [2.05, 4.69) is 104 Å². The molecule has 0 bridgehead atoms. The third kappa shape index (κ3) is 15.9. The minimum atomic E-state index is -0.822. The van der Waals surface area contributed by atoms with E-state index in [0.717, 1.165) is 52.8 Å². The molecule has 1 unspecified atom stereocenters. The Morgan fingerprint density at radius 3 is 2.12 bits per heavy atom. The molecule has 0 fully saturated rings. The summed E-state index contributed by atoms with van der Waals surface area (Å²) < 4.78 is 7.51. The molecule has 50 heavy (non-hydrogen) atoms. The maximum Gasteiger partial charge on any atom is 0.303 e. The van der Waals surface area contributed by atoms with Gasteiger partial charge >= 0.3 is 5.97 Å². The Morgan fingerprint density at radius 2 is 1.56 bits per heavy atom. The lowest BCUT2D eigenvalue weighted by Gasteiger charge is -2.29. The maximum atomic E-state index is 11.1. The first-order valence-corrected chi connectivity index (χ1v) is 18.7. The minimum absolute atomic E-state index is 0.0383. The Hall–Kier alpha value is -3.62. The highest BCUT2D eigenvalue weighted by Gasteiger charge is 2.19. The molecule has 1 atom stereocenters. The average Bonchev–Trinajstić information content (AvgIpc) is 3.11. The molecule has 272 valence electrons.